The second-order valence-electron chi connectivity index (χ2n) is 4.59. The number of hydrogen-bond acceptors (Lipinski definition) is 4. The summed E-state index contributed by atoms with van der Waals surface area (Å²) in [6.07, 6.45) is 1.11. The Kier molecular flexibility index (Phi) is 3.22. The number of amides is 2. The highest BCUT2D eigenvalue weighted by Gasteiger charge is 2.25. The third-order valence-electron chi connectivity index (χ3n) is 3.17. The summed E-state index contributed by atoms with van der Waals surface area (Å²) in [6, 6.07) is -0.0448. The zero-order chi connectivity index (χ0) is 13.3. The van der Waals surface area contributed by atoms with Crippen molar-refractivity contribution in [3.05, 3.63) is 11.4 Å². The number of rotatable bonds is 2. The van der Waals surface area contributed by atoms with Crippen molar-refractivity contribution >= 4 is 17.5 Å². The van der Waals surface area contributed by atoms with Gasteiger partial charge in [0.1, 0.15) is 0 Å². The maximum atomic E-state index is 12.0. The molecule has 0 aliphatic carbocycles. The van der Waals surface area contributed by atoms with Crippen LogP contribution >= 0.6 is 0 Å². The number of nitrogens with zero attached hydrogens (tertiary/aromatic N) is 2. The van der Waals surface area contributed by atoms with Crippen LogP contribution in [-0.4, -0.2) is 46.5 Å². The van der Waals surface area contributed by atoms with Crippen molar-refractivity contribution in [3.8, 4) is 0 Å². The van der Waals surface area contributed by atoms with E-state index < -0.39 is 0 Å². The van der Waals surface area contributed by atoms with Gasteiger partial charge < -0.3 is 16.0 Å². The van der Waals surface area contributed by atoms with Gasteiger partial charge in [0.25, 0.3) is 5.91 Å². The van der Waals surface area contributed by atoms with Gasteiger partial charge in [-0.1, -0.05) is 0 Å². The first-order chi connectivity index (χ1) is 8.49. The Hall–Kier alpha value is -2.05. The van der Waals surface area contributed by atoms with E-state index in [1.807, 2.05) is 0 Å². The number of carbonyl (C=O) groups excluding carboxylic acids is 2. The Bertz CT molecular complexity index is 482. The average molecular weight is 251 g/mol. The van der Waals surface area contributed by atoms with E-state index in [0.29, 0.717) is 30.8 Å². The first-order valence-corrected chi connectivity index (χ1v) is 5.84. The lowest BCUT2D eigenvalue weighted by atomic mass is 10.1. The number of anilines is 1. The fraction of sp³-hybridized carbons (Fsp3) is 0.545. The Labute approximate surface area is 105 Å². The molecule has 98 valence electrons. The van der Waals surface area contributed by atoms with Crippen LogP contribution < -0.4 is 11.1 Å². The molecule has 18 heavy (non-hydrogen) atoms. The second-order valence-corrected chi connectivity index (χ2v) is 4.59. The quantitative estimate of drug-likeness (QED) is 0.668. The fourth-order valence-electron chi connectivity index (χ4n) is 1.99. The zero-order valence-electron chi connectivity index (χ0n) is 10.5. The van der Waals surface area contributed by atoms with E-state index in [2.05, 4.69) is 15.5 Å². The summed E-state index contributed by atoms with van der Waals surface area (Å²) in [7, 11) is 1.73. The van der Waals surface area contributed by atoms with Gasteiger partial charge in [-0.05, 0) is 13.3 Å². The molecule has 2 amide bonds. The normalized spacial score (nSPS) is 20.0. The van der Waals surface area contributed by atoms with Crippen LogP contribution in [0.3, 0.4) is 0 Å². The highest BCUT2D eigenvalue weighted by Crippen LogP contribution is 2.14. The molecule has 1 aromatic rings. The largest absolute Gasteiger partial charge is 0.395 e. The Morgan fingerprint density at radius 2 is 2.33 bits per heavy atom. The number of aryl methyl sites for hydroxylation is 1. The van der Waals surface area contributed by atoms with Crippen molar-refractivity contribution in [1.29, 1.82) is 0 Å². The fourth-order valence-corrected chi connectivity index (χ4v) is 1.99. The molecule has 1 saturated heterocycles. The molecule has 0 radical (unpaired) electrons. The van der Waals surface area contributed by atoms with Crippen LogP contribution in [0.4, 0.5) is 5.69 Å². The number of H-pyrrole nitrogens is 1. The van der Waals surface area contributed by atoms with Crippen LogP contribution in [0.15, 0.2) is 0 Å². The van der Waals surface area contributed by atoms with Crippen LogP contribution in [-0.2, 0) is 4.79 Å². The van der Waals surface area contributed by atoms with Crippen molar-refractivity contribution in [3.63, 3.8) is 0 Å². The average Bonchev–Trinajstić information content (AvgIpc) is 2.65. The summed E-state index contributed by atoms with van der Waals surface area (Å²) in [5, 5.41) is 9.39. The molecule has 1 unspecified atom stereocenters. The Morgan fingerprint density at radius 3 is 2.89 bits per heavy atom. The first-order valence-electron chi connectivity index (χ1n) is 5.84. The van der Waals surface area contributed by atoms with Crippen LogP contribution in [0, 0.1) is 6.92 Å². The van der Waals surface area contributed by atoms with Crippen molar-refractivity contribution in [2.24, 2.45) is 0 Å². The van der Waals surface area contributed by atoms with E-state index in [1.165, 1.54) is 0 Å². The second kappa shape index (κ2) is 4.67. The number of aromatic nitrogens is 2. The minimum atomic E-state index is -0.301. The number of likely N-dealkylation sites (tertiary alicyclic amines) is 1. The lowest BCUT2D eigenvalue weighted by molar-refractivity contribution is -0.132. The molecular weight excluding hydrogens is 234 g/mol. The minimum Gasteiger partial charge on any atom is -0.395 e. The van der Waals surface area contributed by atoms with E-state index in [9.17, 15) is 9.59 Å². The summed E-state index contributed by atoms with van der Waals surface area (Å²) in [4.78, 5) is 24.9. The number of nitrogens with one attached hydrogen (secondary N) is 2. The van der Waals surface area contributed by atoms with Gasteiger partial charge in [-0.2, -0.15) is 5.10 Å². The van der Waals surface area contributed by atoms with Gasteiger partial charge in [-0.3, -0.25) is 14.7 Å². The molecule has 1 atom stereocenters. The maximum absolute atomic E-state index is 12.0. The number of nitrogen functional groups attached to an aromatic ring is 1. The van der Waals surface area contributed by atoms with E-state index in [4.69, 9.17) is 5.73 Å². The van der Waals surface area contributed by atoms with Crippen molar-refractivity contribution in [2.45, 2.75) is 25.8 Å². The van der Waals surface area contributed by atoms with E-state index in [-0.39, 0.29) is 23.6 Å². The van der Waals surface area contributed by atoms with Gasteiger partial charge in [0.15, 0.2) is 5.69 Å². The molecule has 1 fully saturated rings. The maximum Gasteiger partial charge on any atom is 0.274 e. The predicted octanol–water partition coefficient (Wildman–Crippen LogP) is -0.349. The highest BCUT2D eigenvalue weighted by molar-refractivity contribution is 5.97. The number of carbonyl (C=O) groups is 2. The first kappa shape index (κ1) is 12.4. The molecule has 1 aromatic heterocycles. The van der Waals surface area contributed by atoms with Gasteiger partial charge in [0.2, 0.25) is 5.91 Å². The van der Waals surface area contributed by atoms with Crippen molar-refractivity contribution in [2.75, 3.05) is 19.3 Å². The van der Waals surface area contributed by atoms with Crippen molar-refractivity contribution < 1.29 is 9.59 Å². The summed E-state index contributed by atoms with van der Waals surface area (Å²) in [5.41, 5.74) is 7.00. The number of nitrogens with two attached hydrogens (primary N) is 1. The Balaban J connectivity index is 2.00. The molecule has 7 heteroatoms. The topological polar surface area (TPSA) is 104 Å². The number of hydrogen-bond donors (Lipinski definition) is 3. The molecular formula is C11H17N5O2. The Morgan fingerprint density at radius 1 is 1.61 bits per heavy atom. The van der Waals surface area contributed by atoms with Crippen LogP contribution in [0.5, 0.6) is 0 Å². The molecule has 0 saturated carbocycles. The van der Waals surface area contributed by atoms with Gasteiger partial charge in [-0.25, -0.2) is 0 Å². The zero-order valence-corrected chi connectivity index (χ0v) is 10.5. The highest BCUT2D eigenvalue weighted by atomic mass is 16.2. The summed E-state index contributed by atoms with van der Waals surface area (Å²) in [6.45, 7) is 2.28. The molecule has 0 bridgehead atoms. The van der Waals surface area contributed by atoms with Gasteiger partial charge >= 0.3 is 0 Å². The van der Waals surface area contributed by atoms with Gasteiger partial charge in [0, 0.05) is 26.1 Å². The number of aromatic amines is 1. The minimum absolute atomic E-state index is 0.0448. The summed E-state index contributed by atoms with van der Waals surface area (Å²) >= 11 is 0. The van der Waals surface area contributed by atoms with E-state index in [0.717, 1.165) is 0 Å². The molecule has 4 N–H and O–H groups in total. The van der Waals surface area contributed by atoms with Gasteiger partial charge in [0.05, 0.1) is 11.4 Å². The summed E-state index contributed by atoms with van der Waals surface area (Å²) in [5.74, 6) is -0.194. The number of piperidine rings is 1. The molecule has 0 spiro atoms. The number of likely N-dealkylation sites (N-methyl/N-ethyl adjacent to an activating group) is 1. The summed E-state index contributed by atoms with van der Waals surface area (Å²) < 4.78 is 0. The molecule has 2 heterocycles. The molecule has 1 aliphatic heterocycles. The third-order valence-corrected chi connectivity index (χ3v) is 3.17. The standard InChI is InChI=1S/C11H17N5O2/c1-6-9(12)10(15-14-6)11(18)13-7-3-4-8(17)16(2)5-7/h7H,3-5,12H2,1-2H3,(H,13,18)(H,14,15). The molecule has 7 nitrogen and oxygen atoms in total. The monoisotopic (exact) mass is 251 g/mol. The van der Waals surface area contributed by atoms with Crippen molar-refractivity contribution in [1.82, 2.24) is 20.4 Å². The van der Waals surface area contributed by atoms with Crippen LogP contribution in [0.1, 0.15) is 29.0 Å². The molecule has 1 aliphatic rings. The van der Waals surface area contributed by atoms with Gasteiger partial charge in [-0.15, -0.1) is 0 Å². The predicted molar refractivity (Wildman–Crippen MR) is 65.9 cm³/mol. The van der Waals surface area contributed by atoms with E-state index in [1.54, 1.807) is 18.9 Å². The van der Waals surface area contributed by atoms with Crippen LogP contribution in [0.25, 0.3) is 0 Å². The van der Waals surface area contributed by atoms with Crippen LogP contribution in [0.2, 0.25) is 0 Å². The molecule has 2 rings (SSSR count). The van der Waals surface area contributed by atoms with E-state index >= 15 is 0 Å². The lowest BCUT2D eigenvalue weighted by Crippen LogP contribution is -2.48. The molecule has 0 aromatic carbocycles. The third kappa shape index (κ3) is 2.29. The SMILES string of the molecule is Cc1[nH]nc(C(=O)NC2CCC(=O)N(C)C2)c1N. The lowest BCUT2D eigenvalue weighted by Gasteiger charge is -2.29. The smallest absolute Gasteiger partial charge is 0.274 e.